The first-order valence-electron chi connectivity index (χ1n) is 12.5. The van der Waals surface area contributed by atoms with Gasteiger partial charge in [0.15, 0.2) is 11.0 Å². The molecule has 39 heavy (non-hydrogen) atoms. The predicted octanol–water partition coefficient (Wildman–Crippen LogP) is 6.11. The average Bonchev–Trinajstić information content (AvgIpc) is 3.38. The molecular formula is C27H27F3N6OS2. The van der Waals surface area contributed by atoms with Crippen LogP contribution in [0, 0.1) is 17.5 Å². The molecule has 0 amide bonds. The van der Waals surface area contributed by atoms with E-state index in [9.17, 15) is 17.4 Å². The van der Waals surface area contributed by atoms with Crippen LogP contribution in [0.25, 0.3) is 21.8 Å². The third-order valence-corrected chi connectivity index (χ3v) is 8.73. The number of rotatable bonds is 8. The largest absolute Gasteiger partial charge is 0.351 e. The maximum absolute atomic E-state index is 14.8. The maximum atomic E-state index is 14.8. The average molecular weight is 573 g/mol. The molecular weight excluding hydrogens is 545 g/mol. The van der Waals surface area contributed by atoms with Crippen LogP contribution in [0.3, 0.4) is 0 Å². The van der Waals surface area contributed by atoms with E-state index in [0.717, 1.165) is 54.0 Å². The number of benzene rings is 2. The minimum atomic E-state index is -2.24. The van der Waals surface area contributed by atoms with Gasteiger partial charge in [0.2, 0.25) is 5.95 Å². The van der Waals surface area contributed by atoms with Gasteiger partial charge in [0.1, 0.15) is 17.5 Å². The summed E-state index contributed by atoms with van der Waals surface area (Å²) in [4.78, 5) is 14.3. The number of nitrogens with one attached hydrogen (secondary N) is 3. The highest BCUT2D eigenvalue weighted by Crippen LogP contribution is 2.39. The van der Waals surface area contributed by atoms with Crippen LogP contribution in [0.1, 0.15) is 37.6 Å². The van der Waals surface area contributed by atoms with E-state index >= 15 is 0 Å². The second kappa shape index (κ2) is 11.8. The molecule has 204 valence electrons. The van der Waals surface area contributed by atoms with Crippen molar-refractivity contribution in [2.45, 2.75) is 43.5 Å². The topological polar surface area (TPSA) is 91.8 Å². The second-order valence-corrected chi connectivity index (χ2v) is 11.7. The maximum Gasteiger partial charge on any atom is 0.223 e. The molecule has 1 atom stereocenters. The van der Waals surface area contributed by atoms with Crippen LogP contribution in [0.2, 0.25) is 0 Å². The Bertz CT molecular complexity index is 1510. The molecule has 0 bridgehead atoms. The van der Waals surface area contributed by atoms with Gasteiger partial charge in [0.25, 0.3) is 0 Å². The van der Waals surface area contributed by atoms with Gasteiger partial charge in [-0.25, -0.2) is 32.3 Å². The summed E-state index contributed by atoms with van der Waals surface area (Å²) in [7, 11) is -2.24. The lowest BCUT2D eigenvalue weighted by atomic mass is 10.1. The molecule has 4 aromatic rings. The Balaban J connectivity index is 1.49. The first-order valence-corrected chi connectivity index (χ1v) is 14.5. The summed E-state index contributed by atoms with van der Waals surface area (Å²) in [6.07, 6.45) is 3.64. The first-order chi connectivity index (χ1) is 18.8. The molecule has 5 rings (SSSR count). The predicted molar refractivity (Wildman–Crippen MR) is 149 cm³/mol. The summed E-state index contributed by atoms with van der Waals surface area (Å²) in [5, 5.41) is 7.62. The van der Waals surface area contributed by atoms with E-state index in [2.05, 4.69) is 20.3 Å². The fourth-order valence-electron chi connectivity index (χ4n) is 4.18. The van der Waals surface area contributed by atoms with E-state index in [0.29, 0.717) is 22.9 Å². The number of anilines is 2. The lowest BCUT2D eigenvalue weighted by Gasteiger charge is -2.23. The van der Waals surface area contributed by atoms with E-state index in [1.807, 2.05) is 13.8 Å². The smallest absolute Gasteiger partial charge is 0.223 e. The molecule has 1 saturated heterocycles. The van der Waals surface area contributed by atoms with Crippen molar-refractivity contribution in [3.05, 3.63) is 71.1 Å². The van der Waals surface area contributed by atoms with Crippen molar-refractivity contribution in [1.29, 1.82) is 0 Å². The Labute approximate surface area is 230 Å². The van der Waals surface area contributed by atoms with Gasteiger partial charge in [0, 0.05) is 23.7 Å². The molecule has 2 aromatic carbocycles. The molecule has 1 aliphatic rings. The SMILES string of the molecule is CC(C)c1nc(-c2ccc(F)c(NS(=O)c3cc(F)ccc3F)c2)c(-c2ccnc(NC3CCNCC3)n2)s1. The lowest BCUT2D eigenvalue weighted by Crippen LogP contribution is -2.35. The number of nitrogens with zero attached hydrogens (tertiary/aromatic N) is 3. The van der Waals surface area contributed by atoms with Crippen LogP contribution in [-0.2, 0) is 11.0 Å². The lowest BCUT2D eigenvalue weighted by molar-refractivity contribution is 0.477. The van der Waals surface area contributed by atoms with Crippen LogP contribution in [0.15, 0.2) is 53.6 Å². The number of halogens is 3. The van der Waals surface area contributed by atoms with Crippen LogP contribution >= 0.6 is 11.3 Å². The third-order valence-electron chi connectivity index (χ3n) is 6.23. The number of thiazole rings is 1. The fourth-order valence-corrected chi connectivity index (χ4v) is 6.17. The number of hydrogen-bond acceptors (Lipinski definition) is 7. The van der Waals surface area contributed by atoms with Gasteiger partial charge in [-0.2, -0.15) is 0 Å². The van der Waals surface area contributed by atoms with Gasteiger partial charge >= 0.3 is 0 Å². The summed E-state index contributed by atoms with van der Waals surface area (Å²) in [6, 6.07) is 8.96. The van der Waals surface area contributed by atoms with Gasteiger partial charge in [-0.3, -0.25) is 4.72 Å². The summed E-state index contributed by atoms with van der Waals surface area (Å²) in [6.45, 7) is 5.94. The molecule has 3 N–H and O–H groups in total. The van der Waals surface area contributed by atoms with E-state index < -0.39 is 33.3 Å². The molecule has 1 unspecified atom stereocenters. The summed E-state index contributed by atoms with van der Waals surface area (Å²) in [5.41, 5.74) is 1.68. The summed E-state index contributed by atoms with van der Waals surface area (Å²) < 4.78 is 57.7. The third kappa shape index (κ3) is 6.29. The second-order valence-electron chi connectivity index (χ2n) is 9.46. The molecule has 0 spiro atoms. The normalized spacial score (nSPS) is 14.9. The van der Waals surface area contributed by atoms with E-state index in [1.165, 1.54) is 23.5 Å². The van der Waals surface area contributed by atoms with Crippen molar-refractivity contribution < 1.29 is 17.4 Å². The molecule has 0 radical (unpaired) electrons. The molecule has 12 heteroatoms. The Hall–Kier alpha value is -3.35. The van der Waals surface area contributed by atoms with E-state index in [-0.39, 0.29) is 17.6 Å². The van der Waals surface area contributed by atoms with E-state index in [4.69, 9.17) is 9.97 Å². The van der Waals surface area contributed by atoms with Gasteiger partial charge in [-0.05, 0) is 68.4 Å². The number of aromatic nitrogens is 3. The Morgan fingerprint density at radius 2 is 1.79 bits per heavy atom. The van der Waals surface area contributed by atoms with Crippen LogP contribution in [0.4, 0.5) is 24.8 Å². The standard InChI is InChI=1S/C27H27F3N6OS2/c1-15(2)26-35-24(25(38-26)21-9-12-32-27(34-21)33-18-7-10-31-11-8-18)16-3-5-19(29)22(13-16)36-39(37)23-14-17(28)4-6-20(23)30/h3-6,9,12-15,18,31,36H,7-8,10-11H2,1-2H3,(H,32,33,34). The minimum absolute atomic E-state index is 0.129. The summed E-state index contributed by atoms with van der Waals surface area (Å²) in [5.74, 6) is -1.64. The van der Waals surface area contributed by atoms with Gasteiger partial charge in [-0.15, -0.1) is 11.3 Å². The zero-order valence-corrected chi connectivity index (χ0v) is 22.9. The van der Waals surface area contributed by atoms with Crippen LogP contribution < -0.4 is 15.4 Å². The molecule has 0 aliphatic carbocycles. The van der Waals surface area contributed by atoms with Crippen LogP contribution in [-0.4, -0.2) is 38.3 Å². The Kier molecular flexibility index (Phi) is 8.24. The van der Waals surface area contributed by atoms with Crippen LogP contribution in [0.5, 0.6) is 0 Å². The highest BCUT2D eigenvalue weighted by Gasteiger charge is 2.21. The van der Waals surface area contributed by atoms with Gasteiger partial charge in [0.05, 0.1) is 31.9 Å². The van der Waals surface area contributed by atoms with Crippen molar-refractivity contribution in [3.63, 3.8) is 0 Å². The first kappa shape index (κ1) is 27.2. The molecule has 1 aliphatic heterocycles. The number of hydrogen-bond donors (Lipinski definition) is 3. The Morgan fingerprint density at radius 1 is 1.03 bits per heavy atom. The fraction of sp³-hybridized carbons (Fsp3) is 0.296. The van der Waals surface area contributed by atoms with Gasteiger partial charge < -0.3 is 10.6 Å². The summed E-state index contributed by atoms with van der Waals surface area (Å²) >= 11 is 1.49. The zero-order chi connectivity index (χ0) is 27.5. The van der Waals surface area contributed by atoms with Crippen molar-refractivity contribution in [3.8, 4) is 21.8 Å². The molecule has 7 nitrogen and oxygen atoms in total. The zero-order valence-electron chi connectivity index (χ0n) is 21.3. The monoisotopic (exact) mass is 572 g/mol. The quantitative estimate of drug-likeness (QED) is 0.236. The van der Waals surface area contributed by atoms with Gasteiger partial charge in [-0.1, -0.05) is 13.8 Å². The highest BCUT2D eigenvalue weighted by molar-refractivity contribution is 7.86. The van der Waals surface area contributed by atoms with Crippen molar-refractivity contribution in [2.24, 2.45) is 0 Å². The minimum Gasteiger partial charge on any atom is -0.351 e. The number of piperidine rings is 1. The highest BCUT2D eigenvalue weighted by atomic mass is 32.2. The molecule has 1 fully saturated rings. The molecule has 2 aromatic heterocycles. The molecule has 0 saturated carbocycles. The Morgan fingerprint density at radius 3 is 2.56 bits per heavy atom. The van der Waals surface area contributed by atoms with Crippen molar-refractivity contribution in [2.75, 3.05) is 23.1 Å². The van der Waals surface area contributed by atoms with E-state index in [1.54, 1.807) is 18.3 Å². The molecule has 3 heterocycles. The van der Waals surface area contributed by atoms with Crippen molar-refractivity contribution >= 4 is 34.0 Å². The van der Waals surface area contributed by atoms with Crippen molar-refractivity contribution in [1.82, 2.24) is 20.3 Å².